The van der Waals surface area contributed by atoms with E-state index < -0.39 is 5.79 Å². The fraction of sp³-hybridized carbons (Fsp3) is 1.00. The van der Waals surface area contributed by atoms with E-state index in [1.54, 1.807) is 0 Å². The first-order valence-electron chi connectivity index (χ1n) is 5.04. The molecule has 2 heterocycles. The number of fused-ring (bicyclic) bond motifs is 1. The Balaban J connectivity index is 2.12. The van der Waals surface area contributed by atoms with Gasteiger partial charge in [-0.15, -0.1) is 0 Å². The van der Waals surface area contributed by atoms with Crippen LogP contribution >= 0.6 is 0 Å². The highest BCUT2D eigenvalue weighted by Gasteiger charge is 2.52. The maximum atomic E-state index is 5.80. The fourth-order valence-corrected chi connectivity index (χ4v) is 2.23. The average molecular weight is 186 g/mol. The summed E-state index contributed by atoms with van der Waals surface area (Å²) in [5.74, 6) is -0.430. The highest BCUT2D eigenvalue weighted by molar-refractivity contribution is 4.95. The smallest absolute Gasteiger partial charge is 0.164 e. The van der Waals surface area contributed by atoms with Crippen molar-refractivity contribution < 1.29 is 14.2 Å². The first-order chi connectivity index (χ1) is 6.03. The molecule has 0 radical (unpaired) electrons. The van der Waals surface area contributed by atoms with Crippen molar-refractivity contribution in [1.82, 2.24) is 0 Å². The van der Waals surface area contributed by atoms with Gasteiger partial charge in [-0.2, -0.15) is 0 Å². The highest BCUT2D eigenvalue weighted by atomic mass is 16.8. The minimum absolute atomic E-state index is 0.125. The van der Waals surface area contributed by atoms with E-state index >= 15 is 0 Å². The van der Waals surface area contributed by atoms with Crippen LogP contribution in [0.1, 0.15) is 34.1 Å². The van der Waals surface area contributed by atoms with Gasteiger partial charge < -0.3 is 14.2 Å². The summed E-state index contributed by atoms with van der Waals surface area (Å²) in [5, 5.41) is 0. The third-order valence-corrected chi connectivity index (χ3v) is 2.78. The minimum atomic E-state index is -0.430. The maximum Gasteiger partial charge on any atom is 0.164 e. The lowest BCUT2D eigenvalue weighted by molar-refractivity contribution is -0.185. The lowest BCUT2D eigenvalue weighted by Gasteiger charge is -2.22. The van der Waals surface area contributed by atoms with E-state index in [-0.39, 0.29) is 24.4 Å². The molecular weight excluding hydrogens is 168 g/mol. The van der Waals surface area contributed by atoms with Gasteiger partial charge in [0.1, 0.15) is 12.2 Å². The topological polar surface area (TPSA) is 27.7 Å². The second kappa shape index (κ2) is 2.94. The van der Waals surface area contributed by atoms with E-state index in [4.69, 9.17) is 14.2 Å². The predicted octanol–water partition coefficient (Wildman–Crippen LogP) is 1.70. The van der Waals surface area contributed by atoms with Crippen LogP contribution in [0.2, 0.25) is 0 Å². The Bertz CT molecular complexity index is 202. The summed E-state index contributed by atoms with van der Waals surface area (Å²) in [6, 6.07) is 0. The normalized spacial score (nSPS) is 48.0. The van der Waals surface area contributed by atoms with E-state index in [0.29, 0.717) is 0 Å². The summed E-state index contributed by atoms with van der Waals surface area (Å²) >= 11 is 0. The van der Waals surface area contributed by atoms with Crippen molar-refractivity contribution in [3.05, 3.63) is 0 Å². The molecule has 2 saturated heterocycles. The lowest BCUT2D eigenvalue weighted by Crippen LogP contribution is -2.28. The van der Waals surface area contributed by atoms with Crippen LogP contribution in [0.3, 0.4) is 0 Å². The van der Waals surface area contributed by atoms with Crippen molar-refractivity contribution in [3.63, 3.8) is 0 Å². The molecule has 13 heavy (non-hydrogen) atoms. The van der Waals surface area contributed by atoms with Gasteiger partial charge in [-0.3, -0.25) is 0 Å². The van der Waals surface area contributed by atoms with Gasteiger partial charge >= 0.3 is 0 Å². The third kappa shape index (κ3) is 1.49. The van der Waals surface area contributed by atoms with Crippen LogP contribution in [0.4, 0.5) is 0 Å². The second-order valence-corrected chi connectivity index (χ2v) is 4.35. The molecule has 2 aliphatic heterocycles. The SMILES string of the molecule is CC[C@H]1O[C@@H](C)[C@@H]2OC(C)(C)O[C@@H]21. The van der Waals surface area contributed by atoms with E-state index in [1.165, 1.54) is 0 Å². The molecule has 0 amide bonds. The molecule has 0 spiro atoms. The summed E-state index contributed by atoms with van der Waals surface area (Å²) in [6.07, 6.45) is 1.62. The summed E-state index contributed by atoms with van der Waals surface area (Å²) < 4.78 is 17.3. The molecule has 2 aliphatic rings. The van der Waals surface area contributed by atoms with Gasteiger partial charge in [0, 0.05) is 0 Å². The summed E-state index contributed by atoms with van der Waals surface area (Å²) in [4.78, 5) is 0. The standard InChI is InChI=1S/C10H18O3/c1-5-7-9-8(6(2)11-7)12-10(3,4)13-9/h6-9H,5H2,1-4H3/t6-,7+,8-,9+/m0/s1. The molecule has 0 aromatic carbocycles. The van der Waals surface area contributed by atoms with E-state index in [1.807, 2.05) is 13.8 Å². The summed E-state index contributed by atoms with van der Waals surface area (Å²) in [6.45, 7) is 8.10. The molecule has 4 atom stereocenters. The Morgan fingerprint density at radius 1 is 1.15 bits per heavy atom. The Morgan fingerprint density at radius 3 is 2.38 bits per heavy atom. The van der Waals surface area contributed by atoms with Gasteiger partial charge in [0.25, 0.3) is 0 Å². The van der Waals surface area contributed by atoms with Crippen LogP contribution < -0.4 is 0 Å². The molecule has 0 aromatic heterocycles. The average Bonchev–Trinajstić information content (AvgIpc) is 2.47. The Morgan fingerprint density at radius 2 is 1.77 bits per heavy atom. The van der Waals surface area contributed by atoms with Crippen molar-refractivity contribution in [1.29, 1.82) is 0 Å². The van der Waals surface area contributed by atoms with Crippen LogP contribution in [-0.2, 0) is 14.2 Å². The summed E-state index contributed by atoms with van der Waals surface area (Å²) in [7, 11) is 0. The first-order valence-corrected chi connectivity index (χ1v) is 5.04. The quantitative estimate of drug-likeness (QED) is 0.624. The molecule has 3 nitrogen and oxygen atoms in total. The Hall–Kier alpha value is -0.120. The Labute approximate surface area is 79.4 Å². The first kappa shape index (κ1) is 9.44. The largest absolute Gasteiger partial charge is 0.370 e. The molecule has 0 aromatic rings. The second-order valence-electron chi connectivity index (χ2n) is 4.35. The zero-order chi connectivity index (χ0) is 9.64. The molecule has 76 valence electrons. The van der Waals surface area contributed by atoms with Gasteiger partial charge in [0.15, 0.2) is 5.79 Å². The molecule has 2 rings (SSSR count). The van der Waals surface area contributed by atoms with E-state index in [9.17, 15) is 0 Å². The number of rotatable bonds is 1. The van der Waals surface area contributed by atoms with Crippen molar-refractivity contribution in [2.24, 2.45) is 0 Å². The fourth-order valence-electron chi connectivity index (χ4n) is 2.23. The van der Waals surface area contributed by atoms with E-state index in [2.05, 4.69) is 13.8 Å². The third-order valence-electron chi connectivity index (χ3n) is 2.78. The highest BCUT2D eigenvalue weighted by Crippen LogP contribution is 2.39. The summed E-state index contributed by atoms with van der Waals surface area (Å²) in [5.41, 5.74) is 0. The molecule has 0 aliphatic carbocycles. The van der Waals surface area contributed by atoms with Crippen LogP contribution in [0, 0.1) is 0 Å². The molecule has 3 heteroatoms. The lowest BCUT2D eigenvalue weighted by atomic mass is 10.1. The van der Waals surface area contributed by atoms with Crippen LogP contribution in [0.5, 0.6) is 0 Å². The molecule has 0 bridgehead atoms. The van der Waals surface area contributed by atoms with Gasteiger partial charge in [0.2, 0.25) is 0 Å². The van der Waals surface area contributed by atoms with Crippen molar-refractivity contribution in [2.75, 3.05) is 0 Å². The van der Waals surface area contributed by atoms with Crippen LogP contribution in [-0.4, -0.2) is 30.2 Å². The van der Waals surface area contributed by atoms with Gasteiger partial charge in [-0.25, -0.2) is 0 Å². The van der Waals surface area contributed by atoms with Crippen molar-refractivity contribution >= 4 is 0 Å². The predicted molar refractivity (Wildman–Crippen MR) is 48.5 cm³/mol. The molecular formula is C10H18O3. The zero-order valence-electron chi connectivity index (χ0n) is 8.74. The number of hydrogen-bond acceptors (Lipinski definition) is 3. The Kier molecular flexibility index (Phi) is 2.13. The molecule has 2 fully saturated rings. The van der Waals surface area contributed by atoms with Crippen LogP contribution in [0.25, 0.3) is 0 Å². The number of hydrogen-bond donors (Lipinski definition) is 0. The van der Waals surface area contributed by atoms with Crippen LogP contribution in [0.15, 0.2) is 0 Å². The van der Waals surface area contributed by atoms with Crippen molar-refractivity contribution in [2.45, 2.75) is 64.3 Å². The maximum absolute atomic E-state index is 5.80. The van der Waals surface area contributed by atoms with Gasteiger partial charge in [-0.1, -0.05) is 6.92 Å². The minimum Gasteiger partial charge on any atom is -0.370 e. The van der Waals surface area contributed by atoms with Gasteiger partial charge in [-0.05, 0) is 27.2 Å². The number of ether oxygens (including phenoxy) is 3. The van der Waals surface area contributed by atoms with Gasteiger partial charge in [0.05, 0.1) is 12.2 Å². The zero-order valence-corrected chi connectivity index (χ0v) is 8.74. The van der Waals surface area contributed by atoms with E-state index in [0.717, 1.165) is 6.42 Å². The monoisotopic (exact) mass is 186 g/mol. The molecule has 0 saturated carbocycles. The van der Waals surface area contributed by atoms with Crippen molar-refractivity contribution in [3.8, 4) is 0 Å². The molecule has 0 N–H and O–H groups in total. The molecule has 0 unspecified atom stereocenters.